The number of guanidine groups is 1. The third-order valence-electron chi connectivity index (χ3n) is 2.50. The molecule has 0 fully saturated rings. The largest absolute Gasteiger partial charge is 0.497 e. The van der Waals surface area contributed by atoms with Gasteiger partial charge in [0, 0.05) is 19.7 Å². The van der Waals surface area contributed by atoms with E-state index < -0.39 is 0 Å². The SMILES string of the molecule is CCNC(=NC)NC[C@@H](C)Oc1cccc(OC)c1. The lowest BCUT2D eigenvalue weighted by Gasteiger charge is -2.17. The second-order valence-corrected chi connectivity index (χ2v) is 4.09. The van der Waals surface area contributed by atoms with E-state index in [0.717, 1.165) is 24.0 Å². The lowest BCUT2D eigenvalue weighted by atomic mass is 10.3. The van der Waals surface area contributed by atoms with E-state index in [1.807, 2.05) is 38.1 Å². The Hall–Kier alpha value is -1.91. The quantitative estimate of drug-likeness (QED) is 0.606. The van der Waals surface area contributed by atoms with Crippen LogP contribution in [0.2, 0.25) is 0 Å². The van der Waals surface area contributed by atoms with Crippen molar-refractivity contribution in [1.29, 1.82) is 0 Å². The Balaban J connectivity index is 2.44. The Morgan fingerprint density at radius 1 is 1.32 bits per heavy atom. The summed E-state index contributed by atoms with van der Waals surface area (Å²) < 4.78 is 11.0. The van der Waals surface area contributed by atoms with Crippen molar-refractivity contribution in [2.75, 3.05) is 27.2 Å². The summed E-state index contributed by atoms with van der Waals surface area (Å²) in [6.07, 6.45) is 0.0301. The molecule has 0 saturated carbocycles. The van der Waals surface area contributed by atoms with Crippen molar-refractivity contribution in [1.82, 2.24) is 10.6 Å². The van der Waals surface area contributed by atoms with E-state index in [1.54, 1.807) is 14.2 Å². The summed E-state index contributed by atoms with van der Waals surface area (Å²) in [5.41, 5.74) is 0. The fourth-order valence-corrected chi connectivity index (χ4v) is 1.58. The molecule has 0 radical (unpaired) electrons. The average Bonchev–Trinajstić information content (AvgIpc) is 2.43. The second kappa shape index (κ2) is 8.24. The highest BCUT2D eigenvalue weighted by Gasteiger charge is 2.06. The third-order valence-corrected chi connectivity index (χ3v) is 2.50. The highest BCUT2D eigenvalue weighted by atomic mass is 16.5. The Morgan fingerprint density at radius 2 is 2.05 bits per heavy atom. The Kier molecular flexibility index (Phi) is 6.57. The topological polar surface area (TPSA) is 54.9 Å². The number of nitrogens with one attached hydrogen (secondary N) is 2. The third kappa shape index (κ3) is 5.50. The fourth-order valence-electron chi connectivity index (χ4n) is 1.58. The smallest absolute Gasteiger partial charge is 0.191 e. The van der Waals surface area contributed by atoms with Crippen LogP contribution < -0.4 is 20.1 Å². The monoisotopic (exact) mass is 265 g/mol. The first-order valence-electron chi connectivity index (χ1n) is 6.44. The Bertz CT molecular complexity index is 407. The van der Waals surface area contributed by atoms with Crippen molar-refractivity contribution in [3.05, 3.63) is 24.3 Å². The molecular formula is C14H23N3O2. The van der Waals surface area contributed by atoms with Gasteiger partial charge in [0.2, 0.25) is 0 Å². The molecule has 1 atom stereocenters. The van der Waals surface area contributed by atoms with Crippen LogP contribution in [-0.2, 0) is 0 Å². The molecule has 2 N–H and O–H groups in total. The number of hydrogen-bond acceptors (Lipinski definition) is 3. The van der Waals surface area contributed by atoms with Gasteiger partial charge in [-0.25, -0.2) is 0 Å². The molecule has 5 heteroatoms. The van der Waals surface area contributed by atoms with Crippen LogP contribution in [0.4, 0.5) is 0 Å². The van der Waals surface area contributed by atoms with Crippen LogP contribution in [0.5, 0.6) is 11.5 Å². The molecule has 106 valence electrons. The van der Waals surface area contributed by atoms with Gasteiger partial charge in [-0.1, -0.05) is 6.07 Å². The molecule has 0 bridgehead atoms. The lowest BCUT2D eigenvalue weighted by Crippen LogP contribution is -2.41. The van der Waals surface area contributed by atoms with Gasteiger partial charge in [-0.15, -0.1) is 0 Å². The summed E-state index contributed by atoms with van der Waals surface area (Å²) in [4.78, 5) is 4.10. The molecular weight excluding hydrogens is 242 g/mol. The Morgan fingerprint density at radius 3 is 2.68 bits per heavy atom. The molecule has 0 spiro atoms. The number of rotatable bonds is 6. The van der Waals surface area contributed by atoms with E-state index in [0.29, 0.717) is 6.54 Å². The van der Waals surface area contributed by atoms with Crippen molar-refractivity contribution in [2.45, 2.75) is 20.0 Å². The predicted molar refractivity (Wildman–Crippen MR) is 78.1 cm³/mol. The molecule has 5 nitrogen and oxygen atoms in total. The summed E-state index contributed by atoms with van der Waals surface area (Å²) in [6, 6.07) is 7.59. The van der Waals surface area contributed by atoms with Crippen LogP contribution in [-0.4, -0.2) is 39.3 Å². The zero-order valence-corrected chi connectivity index (χ0v) is 12.1. The molecule has 0 amide bonds. The maximum Gasteiger partial charge on any atom is 0.191 e. The van der Waals surface area contributed by atoms with Crippen LogP contribution in [0.1, 0.15) is 13.8 Å². The molecule has 1 aromatic carbocycles. The van der Waals surface area contributed by atoms with Gasteiger partial charge in [0.15, 0.2) is 5.96 Å². The number of ether oxygens (including phenoxy) is 2. The Labute approximate surface area is 115 Å². The molecule has 0 saturated heterocycles. The number of nitrogens with zero attached hydrogens (tertiary/aromatic N) is 1. The first-order chi connectivity index (χ1) is 9.19. The molecule has 0 aliphatic heterocycles. The van der Waals surface area contributed by atoms with Gasteiger partial charge in [0.25, 0.3) is 0 Å². The van der Waals surface area contributed by atoms with Gasteiger partial charge >= 0.3 is 0 Å². The zero-order chi connectivity index (χ0) is 14.1. The standard InChI is InChI=1S/C14H23N3O2/c1-5-16-14(15-3)17-10-11(2)19-13-8-6-7-12(9-13)18-4/h6-9,11H,5,10H2,1-4H3,(H2,15,16,17)/t11-/m1/s1. The van der Waals surface area contributed by atoms with Gasteiger partial charge in [0.05, 0.1) is 13.7 Å². The number of aliphatic imine (C=N–C) groups is 1. The van der Waals surface area contributed by atoms with E-state index in [9.17, 15) is 0 Å². The van der Waals surface area contributed by atoms with E-state index >= 15 is 0 Å². The van der Waals surface area contributed by atoms with Crippen molar-refractivity contribution >= 4 is 5.96 Å². The molecule has 0 unspecified atom stereocenters. The van der Waals surface area contributed by atoms with Gasteiger partial charge in [-0.05, 0) is 26.0 Å². The highest BCUT2D eigenvalue weighted by molar-refractivity contribution is 5.79. The van der Waals surface area contributed by atoms with Crippen molar-refractivity contribution in [3.63, 3.8) is 0 Å². The molecule has 0 aliphatic rings. The van der Waals surface area contributed by atoms with E-state index in [4.69, 9.17) is 9.47 Å². The van der Waals surface area contributed by atoms with E-state index in [1.165, 1.54) is 0 Å². The molecule has 0 aromatic heterocycles. The summed E-state index contributed by atoms with van der Waals surface area (Å²) in [6.45, 7) is 5.55. The second-order valence-electron chi connectivity index (χ2n) is 4.09. The maximum absolute atomic E-state index is 5.80. The number of hydrogen-bond donors (Lipinski definition) is 2. The van der Waals surface area contributed by atoms with Gasteiger partial charge in [-0.2, -0.15) is 0 Å². The minimum atomic E-state index is 0.0301. The first-order valence-corrected chi connectivity index (χ1v) is 6.44. The average molecular weight is 265 g/mol. The first kappa shape index (κ1) is 15.1. The predicted octanol–water partition coefficient (Wildman–Crippen LogP) is 1.65. The summed E-state index contributed by atoms with van der Waals surface area (Å²) in [7, 11) is 3.39. The van der Waals surface area contributed by atoms with E-state index in [2.05, 4.69) is 15.6 Å². The molecule has 1 rings (SSSR count). The summed E-state index contributed by atoms with van der Waals surface area (Å²) in [5, 5.41) is 6.33. The molecule has 0 heterocycles. The van der Waals surface area contributed by atoms with Crippen LogP contribution in [0.15, 0.2) is 29.3 Å². The van der Waals surface area contributed by atoms with E-state index in [-0.39, 0.29) is 6.10 Å². The number of benzene rings is 1. The van der Waals surface area contributed by atoms with Crippen molar-refractivity contribution in [2.24, 2.45) is 4.99 Å². The molecule has 0 aliphatic carbocycles. The van der Waals surface area contributed by atoms with Gasteiger partial charge in [0.1, 0.15) is 17.6 Å². The normalized spacial score (nSPS) is 12.7. The zero-order valence-electron chi connectivity index (χ0n) is 12.1. The van der Waals surface area contributed by atoms with Crippen LogP contribution >= 0.6 is 0 Å². The van der Waals surface area contributed by atoms with Gasteiger partial charge < -0.3 is 20.1 Å². The summed E-state index contributed by atoms with van der Waals surface area (Å²) >= 11 is 0. The van der Waals surface area contributed by atoms with Crippen molar-refractivity contribution < 1.29 is 9.47 Å². The van der Waals surface area contributed by atoms with Crippen LogP contribution in [0.3, 0.4) is 0 Å². The minimum absolute atomic E-state index is 0.0301. The van der Waals surface area contributed by atoms with Crippen LogP contribution in [0, 0.1) is 0 Å². The minimum Gasteiger partial charge on any atom is -0.497 e. The fraction of sp³-hybridized carbons (Fsp3) is 0.500. The molecule has 19 heavy (non-hydrogen) atoms. The van der Waals surface area contributed by atoms with Crippen LogP contribution in [0.25, 0.3) is 0 Å². The number of methoxy groups -OCH3 is 1. The molecule has 1 aromatic rings. The summed E-state index contributed by atoms with van der Waals surface area (Å²) in [5.74, 6) is 2.37. The highest BCUT2D eigenvalue weighted by Crippen LogP contribution is 2.19. The van der Waals surface area contributed by atoms with Gasteiger partial charge in [-0.3, -0.25) is 4.99 Å². The van der Waals surface area contributed by atoms with Crippen molar-refractivity contribution in [3.8, 4) is 11.5 Å². The lowest BCUT2D eigenvalue weighted by molar-refractivity contribution is 0.223. The maximum atomic E-state index is 5.80.